The minimum absolute atomic E-state index is 0.260. The summed E-state index contributed by atoms with van der Waals surface area (Å²) in [6.07, 6.45) is 5.80. The number of rotatable bonds is 8. The molecule has 0 aliphatic rings. The van der Waals surface area contributed by atoms with Crippen LogP contribution in [0.2, 0.25) is 0 Å². The van der Waals surface area contributed by atoms with E-state index in [0.717, 1.165) is 38.1 Å². The van der Waals surface area contributed by atoms with E-state index in [9.17, 15) is 4.79 Å². The Hall–Kier alpha value is -0.220. The molecule has 1 amide bonds. The molecular formula is C10H22N2OS. The minimum Gasteiger partial charge on any atom is -0.345 e. The molecule has 0 aromatic carbocycles. The van der Waals surface area contributed by atoms with Crippen molar-refractivity contribution in [3.8, 4) is 0 Å². The zero-order valence-corrected chi connectivity index (χ0v) is 10.1. The van der Waals surface area contributed by atoms with Crippen molar-refractivity contribution < 1.29 is 4.79 Å². The Balaban J connectivity index is 3.42. The van der Waals surface area contributed by atoms with Crippen LogP contribution in [0.1, 0.15) is 25.7 Å². The SMILES string of the molecule is CSCCN(C)C(=O)CCCCCN. The maximum absolute atomic E-state index is 11.5. The van der Waals surface area contributed by atoms with Crippen molar-refractivity contribution in [1.29, 1.82) is 0 Å². The third-order valence-corrected chi connectivity index (χ3v) is 2.74. The van der Waals surface area contributed by atoms with Gasteiger partial charge >= 0.3 is 0 Å². The lowest BCUT2D eigenvalue weighted by atomic mass is 10.2. The molecule has 84 valence electrons. The topological polar surface area (TPSA) is 46.3 Å². The van der Waals surface area contributed by atoms with E-state index < -0.39 is 0 Å². The Labute approximate surface area is 91.4 Å². The molecule has 0 aliphatic heterocycles. The fourth-order valence-electron chi connectivity index (χ4n) is 1.14. The summed E-state index contributed by atoms with van der Waals surface area (Å²) in [4.78, 5) is 13.3. The fourth-order valence-corrected chi connectivity index (χ4v) is 1.60. The highest BCUT2D eigenvalue weighted by atomic mass is 32.2. The number of hydrogen-bond acceptors (Lipinski definition) is 3. The Morgan fingerprint density at radius 3 is 2.64 bits per heavy atom. The summed E-state index contributed by atoms with van der Waals surface area (Å²) in [5.41, 5.74) is 5.37. The van der Waals surface area contributed by atoms with Crippen molar-refractivity contribution in [3.05, 3.63) is 0 Å². The number of unbranched alkanes of at least 4 members (excludes halogenated alkanes) is 2. The van der Waals surface area contributed by atoms with Gasteiger partial charge in [0.1, 0.15) is 0 Å². The first-order valence-corrected chi connectivity index (χ1v) is 6.54. The summed E-state index contributed by atoms with van der Waals surface area (Å²) < 4.78 is 0. The zero-order valence-electron chi connectivity index (χ0n) is 9.29. The number of amides is 1. The van der Waals surface area contributed by atoms with Gasteiger partial charge in [-0.3, -0.25) is 4.79 Å². The normalized spacial score (nSPS) is 10.2. The summed E-state index contributed by atoms with van der Waals surface area (Å²) in [5, 5.41) is 0. The van der Waals surface area contributed by atoms with Gasteiger partial charge < -0.3 is 10.6 Å². The molecule has 0 bridgehead atoms. The molecule has 0 rings (SSSR count). The molecule has 0 aromatic heterocycles. The van der Waals surface area contributed by atoms with Gasteiger partial charge in [-0.05, 0) is 25.6 Å². The summed E-state index contributed by atoms with van der Waals surface area (Å²) in [7, 11) is 1.88. The largest absolute Gasteiger partial charge is 0.345 e. The Bertz CT molecular complexity index is 153. The molecule has 0 unspecified atom stereocenters. The molecule has 0 aliphatic carbocycles. The number of carbonyl (C=O) groups excluding carboxylic acids is 1. The number of carbonyl (C=O) groups is 1. The second-order valence-corrected chi connectivity index (χ2v) is 4.39. The number of nitrogens with zero attached hydrogens (tertiary/aromatic N) is 1. The maximum Gasteiger partial charge on any atom is 0.222 e. The average Bonchev–Trinajstić information content (AvgIpc) is 2.20. The van der Waals surface area contributed by atoms with E-state index in [4.69, 9.17) is 5.73 Å². The van der Waals surface area contributed by atoms with Gasteiger partial charge in [0.2, 0.25) is 5.91 Å². The second-order valence-electron chi connectivity index (χ2n) is 3.41. The van der Waals surface area contributed by atoms with Crippen molar-refractivity contribution >= 4 is 17.7 Å². The fraction of sp³-hybridized carbons (Fsp3) is 0.900. The lowest BCUT2D eigenvalue weighted by molar-refractivity contribution is -0.129. The van der Waals surface area contributed by atoms with Gasteiger partial charge in [0, 0.05) is 25.8 Å². The van der Waals surface area contributed by atoms with E-state index >= 15 is 0 Å². The Kier molecular flexibility index (Phi) is 9.19. The zero-order chi connectivity index (χ0) is 10.8. The first kappa shape index (κ1) is 13.8. The molecule has 4 heteroatoms. The van der Waals surface area contributed by atoms with Gasteiger partial charge in [-0.25, -0.2) is 0 Å². The first-order valence-electron chi connectivity index (χ1n) is 5.15. The van der Waals surface area contributed by atoms with Crippen LogP contribution in [-0.2, 0) is 4.79 Å². The molecule has 3 nitrogen and oxygen atoms in total. The van der Waals surface area contributed by atoms with Crippen molar-refractivity contribution in [3.63, 3.8) is 0 Å². The van der Waals surface area contributed by atoms with E-state index in [0.29, 0.717) is 6.42 Å². The molecule has 0 saturated heterocycles. The molecule has 0 radical (unpaired) electrons. The quantitative estimate of drug-likeness (QED) is 0.625. The van der Waals surface area contributed by atoms with Gasteiger partial charge in [-0.1, -0.05) is 6.42 Å². The number of nitrogens with two attached hydrogens (primary N) is 1. The third-order valence-electron chi connectivity index (χ3n) is 2.15. The Morgan fingerprint density at radius 2 is 2.07 bits per heavy atom. The summed E-state index contributed by atoms with van der Waals surface area (Å²) in [6, 6.07) is 0. The van der Waals surface area contributed by atoms with Crippen LogP contribution in [0.25, 0.3) is 0 Å². The van der Waals surface area contributed by atoms with E-state index in [-0.39, 0.29) is 5.91 Å². The molecule has 0 spiro atoms. The van der Waals surface area contributed by atoms with E-state index in [1.54, 1.807) is 11.8 Å². The highest BCUT2D eigenvalue weighted by molar-refractivity contribution is 7.98. The van der Waals surface area contributed by atoms with E-state index in [1.807, 2.05) is 11.9 Å². The molecule has 0 heterocycles. The minimum atomic E-state index is 0.260. The van der Waals surface area contributed by atoms with Gasteiger partial charge in [0.05, 0.1) is 0 Å². The average molecular weight is 218 g/mol. The molecule has 0 atom stereocenters. The van der Waals surface area contributed by atoms with Crippen LogP contribution in [0, 0.1) is 0 Å². The lowest BCUT2D eigenvalue weighted by Gasteiger charge is -2.16. The highest BCUT2D eigenvalue weighted by Gasteiger charge is 2.06. The number of thioether (sulfide) groups is 1. The van der Waals surface area contributed by atoms with Crippen LogP contribution >= 0.6 is 11.8 Å². The van der Waals surface area contributed by atoms with Gasteiger partial charge in [-0.15, -0.1) is 0 Å². The van der Waals surface area contributed by atoms with E-state index in [1.165, 1.54) is 0 Å². The first-order chi connectivity index (χ1) is 6.72. The third kappa shape index (κ3) is 7.21. The summed E-state index contributed by atoms with van der Waals surface area (Å²) >= 11 is 1.77. The molecule has 14 heavy (non-hydrogen) atoms. The standard InChI is InChI=1S/C10H22N2OS/c1-12(8-9-14-2)10(13)6-4-3-5-7-11/h3-9,11H2,1-2H3. The van der Waals surface area contributed by atoms with Crippen LogP contribution in [-0.4, -0.2) is 43.0 Å². The molecular weight excluding hydrogens is 196 g/mol. The van der Waals surface area contributed by atoms with Gasteiger partial charge in [0.15, 0.2) is 0 Å². The highest BCUT2D eigenvalue weighted by Crippen LogP contribution is 2.02. The van der Waals surface area contributed by atoms with Crippen LogP contribution in [0.15, 0.2) is 0 Å². The van der Waals surface area contributed by atoms with Gasteiger partial charge in [0.25, 0.3) is 0 Å². The smallest absolute Gasteiger partial charge is 0.222 e. The molecule has 2 N–H and O–H groups in total. The van der Waals surface area contributed by atoms with Gasteiger partial charge in [-0.2, -0.15) is 11.8 Å². The molecule has 0 fully saturated rings. The van der Waals surface area contributed by atoms with Crippen LogP contribution in [0.3, 0.4) is 0 Å². The molecule has 0 saturated carbocycles. The van der Waals surface area contributed by atoms with Crippen molar-refractivity contribution in [2.24, 2.45) is 5.73 Å². The van der Waals surface area contributed by atoms with Crippen molar-refractivity contribution in [2.75, 3.05) is 32.1 Å². The van der Waals surface area contributed by atoms with Crippen molar-refractivity contribution in [1.82, 2.24) is 4.90 Å². The summed E-state index contributed by atoms with van der Waals surface area (Å²) in [6.45, 7) is 1.59. The second kappa shape index (κ2) is 9.34. The number of hydrogen-bond donors (Lipinski definition) is 1. The van der Waals surface area contributed by atoms with Crippen LogP contribution in [0.4, 0.5) is 0 Å². The lowest BCUT2D eigenvalue weighted by Crippen LogP contribution is -2.28. The van der Waals surface area contributed by atoms with E-state index in [2.05, 4.69) is 6.26 Å². The van der Waals surface area contributed by atoms with Crippen LogP contribution < -0.4 is 5.73 Å². The summed E-state index contributed by atoms with van der Waals surface area (Å²) in [5.74, 6) is 1.28. The predicted molar refractivity (Wildman–Crippen MR) is 63.5 cm³/mol. The van der Waals surface area contributed by atoms with Crippen LogP contribution in [0.5, 0.6) is 0 Å². The maximum atomic E-state index is 11.5. The monoisotopic (exact) mass is 218 g/mol. The molecule has 0 aromatic rings. The predicted octanol–water partition coefficient (Wildman–Crippen LogP) is 1.33. The Morgan fingerprint density at radius 1 is 1.36 bits per heavy atom. The van der Waals surface area contributed by atoms with Crippen molar-refractivity contribution in [2.45, 2.75) is 25.7 Å².